The first-order valence-corrected chi connectivity index (χ1v) is 6.59. The van der Waals surface area contributed by atoms with E-state index in [0.29, 0.717) is 4.67 Å². The summed E-state index contributed by atoms with van der Waals surface area (Å²) in [5.74, 6) is 0.393. The average molecular weight is 313 g/mol. The van der Waals surface area contributed by atoms with Crippen molar-refractivity contribution in [3.8, 4) is 0 Å². The number of aromatic nitrogens is 1. The molecule has 0 bridgehead atoms. The Balaban J connectivity index is 2.30. The molecule has 2 aromatic rings. The molecule has 0 aromatic carbocycles. The first-order valence-electron chi connectivity index (χ1n) is 5.79. The molecule has 3 nitrogen and oxygen atoms in total. The monoisotopic (exact) mass is 312 g/mol. The van der Waals surface area contributed by atoms with Gasteiger partial charge in [0.25, 0.3) is 0 Å². The van der Waals surface area contributed by atoms with Gasteiger partial charge < -0.3 is 9.73 Å². The molecule has 0 fully saturated rings. The van der Waals surface area contributed by atoms with E-state index in [1.807, 2.05) is 12.1 Å². The van der Waals surface area contributed by atoms with Crippen molar-refractivity contribution in [2.45, 2.75) is 19.4 Å². The Hall–Kier alpha value is -1.20. The lowest BCUT2D eigenvalue weighted by atomic mass is 10.1. The Kier molecular flexibility index (Phi) is 4.49. The van der Waals surface area contributed by atoms with Crippen LogP contribution in [0.1, 0.15) is 30.7 Å². The number of hydrogen-bond donors (Lipinski definition) is 1. The van der Waals surface area contributed by atoms with Crippen LogP contribution in [-0.4, -0.2) is 11.5 Å². The van der Waals surface area contributed by atoms with Gasteiger partial charge in [0.2, 0.25) is 0 Å². The van der Waals surface area contributed by atoms with Gasteiger partial charge in [-0.1, -0.05) is 6.92 Å². The summed E-state index contributed by atoms with van der Waals surface area (Å²) in [7, 11) is 0. The Morgan fingerprint density at radius 2 is 2.28 bits per heavy atom. The first kappa shape index (κ1) is 13.2. The summed E-state index contributed by atoms with van der Waals surface area (Å²) >= 11 is 3.27. The van der Waals surface area contributed by atoms with Gasteiger partial charge in [0.15, 0.2) is 4.67 Å². The third-order valence-electron chi connectivity index (χ3n) is 2.54. The molecular weight excluding hydrogens is 299 g/mol. The Bertz CT molecular complexity index is 515. The Labute approximate surface area is 114 Å². The van der Waals surface area contributed by atoms with Crippen molar-refractivity contribution in [3.05, 3.63) is 52.4 Å². The average Bonchev–Trinajstić information content (AvgIpc) is 2.76. The molecule has 1 N–H and O–H groups in total. The summed E-state index contributed by atoms with van der Waals surface area (Å²) in [6.07, 6.45) is 3.83. The van der Waals surface area contributed by atoms with Crippen molar-refractivity contribution in [3.63, 3.8) is 0 Å². The van der Waals surface area contributed by atoms with Crippen molar-refractivity contribution < 1.29 is 8.81 Å². The summed E-state index contributed by atoms with van der Waals surface area (Å²) < 4.78 is 19.4. The molecule has 1 atom stereocenters. The van der Waals surface area contributed by atoms with Gasteiger partial charge in [0.1, 0.15) is 11.6 Å². The van der Waals surface area contributed by atoms with Crippen molar-refractivity contribution in [1.82, 2.24) is 10.3 Å². The minimum absolute atomic E-state index is 0.181. The minimum atomic E-state index is -0.346. The van der Waals surface area contributed by atoms with Crippen molar-refractivity contribution in [1.29, 1.82) is 0 Å². The highest BCUT2D eigenvalue weighted by atomic mass is 79.9. The zero-order chi connectivity index (χ0) is 13.0. The quantitative estimate of drug-likeness (QED) is 0.915. The molecule has 0 spiro atoms. The van der Waals surface area contributed by atoms with E-state index in [1.165, 1.54) is 12.3 Å². The zero-order valence-corrected chi connectivity index (χ0v) is 11.6. The van der Waals surface area contributed by atoms with Crippen molar-refractivity contribution in [2.24, 2.45) is 0 Å². The van der Waals surface area contributed by atoms with Crippen LogP contribution in [0, 0.1) is 5.82 Å². The third-order valence-corrected chi connectivity index (χ3v) is 2.96. The van der Waals surface area contributed by atoms with Gasteiger partial charge in [-0.3, -0.25) is 4.98 Å². The number of furan rings is 1. The van der Waals surface area contributed by atoms with Gasteiger partial charge in [-0.2, -0.15) is 0 Å². The fourth-order valence-corrected chi connectivity index (χ4v) is 2.06. The van der Waals surface area contributed by atoms with E-state index in [-0.39, 0.29) is 11.9 Å². The topological polar surface area (TPSA) is 38.1 Å². The molecule has 0 aliphatic heterocycles. The molecule has 2 heterocycles. The molecule has 0 saturated carbocycles. The molecule has 0 aliphatic carbocycles. The molecule has 0 saturated heterocycles. The molecular formula is C13H14BrFN2O. The van der Waals surface area contributed by atoms with Gasteiger partial charge in [-0.05, 0) is 52.7 Å². The van der Waals surface area contributed by atoms with Crippen LogP contribution in [0.4, 0.5) is 4.39 Å². The van der Waals surface area contributed by atoms with E-state index < -0.39 is 0 Å². The maximum Gasteiger partial charge on any atom is 0.169 e. The Morgan fingerprint density at radius 3 is 2.89 bits per heavy atom. The summed E-state index contributed by atoms with van der Waals surface area (Å²) in [6, 6.07) is 4.97. The number of rotatable bonds is 5. The molecule has 96 valence electrons. The largest absolute Gasteiger partial charge is 0.452 e. The maximum absolute atomic E-state index is 13.2. The lowest BCUT2D eigenvalue weighted by Crippen LogP contribution is -2.23. The van der Waals surface area contributed by atoms with Crippen LogP contribution in [0.5, 0.6) is 0 Å². The third kappa shape index (κ3) is 3.17. The predicted octanol–water partition coefficient (Wildman–Crippen LogP) is 3.67. The highest BCUT2D eigenvalue weighted by Crippen LogP contribution is 2.26. The highest BCUT2D eigenvalue weighted by Gasteiger charge is 2.17. The summed E-state index contributed by atoms with van der Waals surface area (Å²) in [4.78, 5) is 3.88. The van der Waals surface area contributed by atoms with Crippen LogP contribution in [-0.2, 0) is 0 Å². The smallest absolute Gasteiger partial charge is 0.169 e. The number of halogens is 2. The van der Waals surface area contributed by atoms with E-state index in [2.05, 4.69) is 33.2 Å². The maximum atomic E-state index is 13.2. The second-order valence-electron chi connectivity index (χ2n) is 3.97. The molecule has 18 heavy (non-hydrogen) atoms. The van der Waals surface area contributed by atoms with Gasteiger partial charge >= 0.3 is 0 Å². The standard InChI is InChI=1S/C13H14BrFN2O/c1-2-5-17-13(11-3-4-12(14)18-11)9-6-10(15)8-16-7-9/h3-4,6-8,13,17H,2,5H2,1H3. The van der Waals surface area contributed by atoms with Gasteiger partial charge in [0, 0.05) is 6.20 Å². The lowest BCUT2D eigenvalue weighted by Gasteiger charge is -2.16. The van der Waals surface area contributed by atoms with Crippen LogP contribution in [0.2, 0.25) is 0 Å². The van der Waals surface area contributed by atoms with Crippen LogP contribution in [0.25, 0.3) is 0 Å². The van der Waals surface area contributed by atoms with Gasteiger partial charge in [-0.15, -0.1) is 0 Å². The molecule has 2 rings (SSSR count). The van der Waals surface area contributed by atoms with Crippen LogP contribution < -0.4 is 5.32 Å². The van der Waals surface area contributed by atoms with Crippen LogP contribution in [0.15, 0.2) is 39.7 Å². The van der Waals surface area contributed by atoms with Crippen molar-refractivity contribution >= 4 is 15.9 Å². The van der Waals surface area contributed by atoms with E-state index in [4.69, 9.17) is 4.42 Å². The molecule has 0 amide bonds. The summed E-state index contributed by atoms with van der Waals surface area (Å²) in [5.41, 5.74) is 0.755. The SMILES string of the molecule is CCCNC(c1cncc(F)c1)c1ccc(Br)o1. The zero-order valence-electron chi connectivity index (χ0n) is 9.99. The summed E-state index contributed by atoms with van der Waals surface area (Å²) in [5, 5.41) is 3.32. The fourth-order valence-electron chi connectivity index (χ4n) is 1.74. The molecule has 1 unspecified atom stereocenters. The van der Waals surface area contributed by atoms with Crippen molar-refractivity contribution in [2.75, 3.05) is 6.54 Å². The summed E-state index contributed by atoms with van der Waals surface area (Å²) in [6.45, 7) is 2.89. The second-order valence-corrected chi connectivity index (χ2v) is 4.75. The molecule has 0 aliphatic rings. The van der Waals surface area contributed by atoms with Gasteiger partial charge in [-0.25, -0.2) is 4.39 Å². The lowest BCUT2D eigenvalue weighted by molar-refractivity contribution is 0.431. The highest BCUT2D eigenvalue weighted by molar-refractivity contribution is 9.10. The van der Waals surface area contributed by atoms with E-state index in [0.717, 1.165) is 24.3 Å². The number of nitrogens with zero attached hydrogens (tertiary/aromatic N) is 1. The van der Waals surface area contributed by atoms with E-state index in [9.17, 15) is 4.39 Å². The van der Waals surface area contributed by atoms with Gasteiger partial charge in [0.05, 0.1) is 12.2 Å². The van der Waals surface area contributed by atoms with E-state index in [1.54, 1.807) is 6.20 Å². The molecule has 5 heteroatoms. The van der Waals surface area contributed by atoms with E-state index >= 15 is 0 Å². The minimum Gasteiger partial charge on any atom is -0.452 e. The Morgan fingerprint density at radius 1 is 1.44 bits per heavy atom. The number of nitrogens with one attached hydrogen (secondary N) is 1. The number of pyridine rings is 1. The van der Waals surface area contributed by atoms with Crippen LogP contribution in [0.3, 0.4) is 0 Å². The predicted molar refractivity (Wildman–Crippen MR) is 70.7 cm³/mol. The first-order chi connectivity index (χ1) is 8.70. The molecule has 0 radical (unpaired) electrons. The fraction of sp³-hybridized carbons (Fsp3) is 0.308. The number of hydrogen-bond acceptors (Lipinski definition) is 3. The molecule has 2 aromatic heterocycles. The normalized spacial score (nSPS) is 12.6. The second kappa shape index (κ2) is 6.11. The van der Waals surface area contributed by atoms with Crippen LogP contribution >= 0.6 is 15.9 Å².